The molecule has 3 heteroatoms. The molecule has 1 heterocycles. The maximum absolute atomic E-state index is 5.70. The van der Waals surface area contributed by atoms with E-state index in [0.29, 0.717) is 12.1 Å². The van der Waals surface area contributed by atoms with Gasteiger partial charge in [-0.2, -0.15) is 11.8 Å². The lowest BCUT2D eigenvalue weighted by atomic mass is 10.00. The Hall–Kier alpha value is -1.03. The average molecular weight is 301 g/mol. The maximum Gasteiger partial charge on any atom is 0.0666 e. The van der Waals surface area contributed by atoms with Gasteiger partial charge in [-0.3, -0.25) is 0 Å². The minimum Gasteiger partial charge on any atom is -0.377 e. The van der Waals surface area contributed by atoms with E-state index >= 15 is 0 Å². The summed E-state index contributed by atoms with van der Waals surface area (Å²) in [5.74, 6) is 2.20. The third-order valence-corrected chi connectivity index (χ3v) is 5.34. The van der Waals surface area contributed by atoms with Crippen LogP contribution >= 0.6 is 11.8 Å². The topological polar surface area (TPSA) is 21.3 Å². The average Bonchev–Trinajstić information content (AvgIpc) is 3.05. The lowest BCUT2D eigenvalue weighted by molar-refractivity contribution is 0.129. The van der Waals surface area contributed by atoms with Crippen molar-refractivity contribution in [3.8, 4) is 0 Å². The molecule has 0 spiro atoms. The highest BCUT2D eigenvalue weighted by molar-refractivity contribution is 7.99. The van der Waals surface area contributed by atoms with Crippen LogP contribution in [0.25, 0.3) is 10.8 Å². The molecule has 1 aliphatic rings. The normalized spacial score (nSPS) is 20.0. The second-order valence-corrected chi connectivity index (χ2v) is 6.66. The number of hydrogen-bond donors (Lipinski definition) is 1. The van der Waals surface area contributed by atoms with Gasteiger partial charge < -0.3 is 10.1 Å². The summed E-state index contributed by atoms with van der Waals surface area (Å²) >= 11 is 2.00. The minimum absolute atomic E-state index is 0.391. The molecule has 2 aromatic rings. The van der Waals surface area contributed by atoms with E-state index in [1.54, 1.807) is 0 Å². The maximum atomic E-state index is 5.70. The number of benzene rings is 2. The molecule has 0 amide bonds. The van der Waals surface area contributed by atoms with Crippen molar-refractivity contribution in [3.05, 3.63) is 48.0 Å². The van der Waals surface area contributed by atoms with E-state index < -0.39 is 0 Å². The van der Waals surface area contributed by atoms with Gasteiger partial charge >= 0.3 is 0 Å². The predicted octanol–water partition coefficient (Wildman–Crippen LogP) is 4.01. The fourth-order valence-electron chi connectivity index (χ4n) is 2.98. The summed E-state index contributed by atoms with van der Waals surface area (Å²) < 4.78 is 5.70. The predicted molar refractivity (Wildman–Crippen MR) is 92.0 cm³/mol. The summed E-state index contributed by atoms with van der Waals surface area (Å²) in [5.41, 5.74) is 1.40. The molecule has 21 heavy (non-hydrogen) atoms. The van der Waals surface area contributed by atoms with Crippen LogP contribution in [0.4, 0.5) is 0 Å². The van der Waals surface area contributed by atoms with E-state index in [-0.39, 0.29) is 0 Å². The summed E-state index contributed by atoms with van der Waals surface area (Å²) in [5, 5.41) is 6.15. The van der Waals surface area contributed by atoms with Crippen LogP contribution in [0.3, 0.4) is 0 Å². The zero-order valence-corrected chi connectivity index (χ0v) is 13.4. The van der Waals surface area contributed by atoms with Gasteiger partial charge in [0.1, 0.15) is 0 Å². The Morgan fingerprint density at radius 3 is 2.90 bits per heavy atom. The molecule has 3 rings (SSSR count). The number of fused-ring (bicyclic) bond motifs is 1. The summed E-state index contributed by atoms with van der Waals surface area (Å²) in [6.45, 7) is 0.948. The van der Waals surface area contributed by atoms with Crippen LogP contribution in [0, 0.1) is 0 Å². The summed E-state index contributed by atoms with van der Waals surface area (Å²) in [6, 6.07) is 15.6. The third-order valence-electron chi connectivity index (χ3n) is 4.16. The Balaban J connectivity index is 1.69. The van der Waals surface area contributed by atoms with E-state index in [0.717, 1.165) is 18.1 Å². The second kappa shape index (κ2) is 7.30. The van der Waals surface area contributed by atoms with Crippen LogP contribution in [0.2, 0.25) is 0 Å². The van der Waals surface area contributed by atoms with Crippen LogP contribution in [-0.4, -0.2) is 31.3 Å². The van der Waals surface area contributed by atoms with Gasteiger partial charge in [-0.25, -0.2) is 0 Å². The monoisotopic (exact) mass is 301 g/mol. The number of thioether (sulfide) groups is 1. The third kappa shape index (κ3) is 3.60. The Morgan fingerprint density at radius 1 is 1.24 bits per heavy atom. The van der Waals surface area contributed by atoms with Gasteiger partial charge in [0.25, 0.3) is 0 Å². The van der Waals surface area contributed by atoms with Crippen LogP contribution in [0.5, 0.6) is 0 Å². The number of rotatable bonds is 6. The highest BCUT2D eigenvalue weighted by Gasteiger charge is 2.17. The summed E-state index contributed by atoms with van der Waals surface area (Å²) in [7, 11) is 2.05. The van der Waals surface area contributed by atoms with Gasteiger partial charge in [0.05, 0.1) is 6.10 Å². The standard InChI is InChI=1S/C18H23NOS/c1-19-18(13-21-12-15-8-5-11-20-15)17-10-4-7-14-6-2-3-9-16(14)17/h2-4,6-7,9-10,15,18-19H,5,8,11-13H2,1H3. The zero-order chi connectivity index (χ0) is 14.5. The first-order valence-corrected chi connectivity index (χ1v) is 8.88. The second-order valence-electron chi connectivity index (χ2n) is 5.58. The molecule has 112 valence electrons. The Morgan fingerprint density at radius 2 is 2.10 bits per heavy atom. The first-order chi connectivity index (χ1) is 10.4. The molecule has 1 saturated heterocycles. The van der Waals surface area contributed by atoms with Crippen molar-refractivity contribution in [2.24, 2.45) is 0 Å². The quantitative estimate of drug-likeness (QED) is 0.871. The molecular weight excluding hydrogens is 278 g/mol. The fraction of sp³-hybridized carbons (Fsp3) is 0.444. The van der Waals surface area contributed by atoms with Gasteiger partial charge in [-0.15, -0.1) is 0 Å². The van der Waals surface area contributed by atoms with Gasteiger partial charge in [0.2, 0.25) is 0 Å². The van der Waals surface area contributed by atoms with Crippen LogP contribution in [0.15, 0.2) is 42.5 Å². The fourth-order valence-corrected chi connectivity index (χ4v) is 4.22. The molecule has 2 atom stereocenters. The molecule has 1 N–H and O–H groups in total. The van der Waals surface area contributed by atoms with E-state index in [4.69, 9.17) is 4.74 Å². The van der Waals surface area contributed by atoms with Crippen LogP contribution in [-0.2, 0) is 4.74 Å². The van der Waals surface area contributed by atoms with E-state index in [2.05, 4.69) is 54.8 Å². The Kier molecular flexibility index (Phi) is 5.17. The number of nitrogens with one attached hydrogen (secondary N) is 1. The van der Waals surface area contributed by atoms with E-state index in [9.17, 15) is 0 Å². The Bertz CT molecular complexity index is 575. The molecule has 2 unspecified atom stereocenters. The molecule has 1 aliphatic heterocycles. The van der Waals surface area contributed by atoms with Gasteiger partial charge in [-0.1, -0.05) is 42.5 Å². The molecule has 0 saturated carbocycles. The van der Waals surface area contributed by atoms with Crippen molar-refractivity contribution in [1.82, 2.24) is 5.32 Å². The Labute approximate surface area is 131 Å². The highest BCUT2D eigenvalue weighted by Crippen LogP contribution is 2.27. The smallest absolute Gasteiger partial charge is 0.0666 e. The van der Waals surface area contributed by atoms with Crippen LogP contribution in [0.1, 0.15) is 24.4 Å². The lowest BCUT2D eigenvalue weighted by Gasteiger charge is -2.19. The van der Waals surface area contributed by atoms with Gasteiger partial charge in [0.15, 0.2) is 0 Å². The van der Waals surface area contributed by atoms with Gasteiger partial charge in [-0.05, 0) is 36.2 Å². The molecule has 0 aliphatic carbocycles. The summed E-state index contributed by atoms with van der Waals surface area (Å²) in [4.78, 5) is 0. The molecular formula is C18H23NOS. The first kappa shape index (κ1) is 14.9. The first-order valence-electron chi connectivity index (χ1n) is 7.73. The summed E-state index contributed by atoms with van der Waals surface area (Å²) in [6.07, 6.45) is 2.93. The van der Waals surface area contributed by atoms with Crippen molar-refractivity contribution < 1.29 is 4.74 Å². The number of ether oxygens (including phenoxy) is 1. The van der Waals surface area contributed by atoms with E-state index in [1.165, 1.54) is 29.2 Å². The van der Waals surface area contributed by atoms with Crippen molar-refractivity contribution >= 4 is 22.5 Å². The molecule has 2 nitrogen and oxygen atoms in total. The molecule has 2 aromatic carbocycles. The highest BCUT2D eigenvalue weighted by atomic mass is 32.2. The zero-order valence-electron chi connectivity index (χ0n) is 12.5. The molecule has 0 aromatic heterocycles. The van der Waals surface area contributed by atoms with Crippen LogP contribution < -0.4 is 5.32 Å². The number of hydrogen-bond acceptors (Lipinski definition) is 3. The SMILES string of the molecule is CNC(CSCC1CCCO1)c1cccc2ccccc12. The van der Waals surface area contributed by atoms with Crippen molar-refractivity contribution in [2.45, 2.75) is 25.0 Å². The van der Waals surface area contributed by atoms with Gasteiger partial charge in [0, 0.05) is 24.2 Å². The van der Waals surface area contributed by atoms with Crippen molar-refractivity contribution in [2.75, 3.05) is 25.2 Å². The van der Waals surface area contributed by atoms with E-state index in [1.807, 2.05) is 11.8 Å². The van der Waals surface area contributed by atoms with Crippen molar-refractivity contribution in [1.29, 1.82) is 0 Å². The molecule has 0 bridgehead atoms. The minimum atomic E-state index is 0.391. The van der Waals surface area contributed by atoms with Crippen molar-refractivity contribution in [3.63, 3.8) is 0 Å². The lowest BCUT2D eigenvalue weighted by Crippen LogP contribution is -2.20. The molecule has 1 fully saturated rings. The largest absolute Gasteiger partial charge is 0.377 e. The molecule has 0 radical (unpaired) electrons.